The Labute approximate surface area is 314 Å². The molecule has 3 aromatic rings. The topological polar surface area (TPSA) is 111 Å². The van der Waals surface area contributed by atoms with Crippen molar-refractivity contribution >= 4 is 31.4 Å². The summed E-state index contributed by atoms with van der Waals surface area (Å²) >= 11 is 0. The third-order valence-corrected chi connectivity index (χ3v) is 12.2. The van der Waals surface area contributed by atoms with Gasteiger partial charge < -0.3 is 33.3 Å². The summed E-state index contributed by atoms with van der Waals surface area (Å²) in [6.45, 7) is 15.1. The van der Waals surface area contributed by atoms with Crippen LogP contribution in [0.15, 0.2) is 24.5 Å². The summed E-state index contributed by atoms with van der Waals surface area (Å²) in [5, 5.41) is 0. The van der Waals surface area contributed by atoms with Gasteiger partial charge in [0.2, 0.25) is 0 Å². The summed E-state index contributed by atoms with van der Waals surface area (Å²) in [5.41, 5.74) is 1.56. The minimum Gasteiger partial charge on any atom is -0.444 e. The quantitative estimate of drug-likeness (QED) is 0.185. The Hall–Kier alpha value is -3.73. The van der Waals surface area contributed by atoms with Crippen molar-refractivity contribution < 1.29 is 41.7 Å². The number of amides is 3. The molecule has 3 amide bonds. The average molecular weight is 773 g/mol. The van der Waals surface area contributed by atoms with Crippen LogP contribution in [-0.2, 0) is 44.8 Å². The maximum absolute atomic E-state index is 14.4. The number of halogens is 3. The Morgan fingerprint density at radius 1 is 1.04 bits per heavy atom. The van der Waals surface area contributed by atoms with Crippen molar-refractivity contribution in [3.8, 4) is 11.3 Å². The largest absolute Gasteiger partial charge is 0.444 e. The van der Waals surface area contributed by atoms with Crippen LogP contribution < -0.4 is 0 Å². The van der Waals surface area contributed by atoms with E-state index < -0.39 is 37.5 Å². The Balaban J connectivity index is 1.26. The van der Waals surface area contributed by atoms with Crippen molar-refractivity contribution in [1.82, 2.24) is 29.2 Å². The van der Waals surface area contributed by atoms with E-state index in [0.29, 0.717) is 51.4 Å². The van der Waals surface area contributed by atoms with Gasteiger partial charge in [-0.3, -0.25) is 4.90 Å². The molecule has 54 heavy (non-hydrogen) atoms. The summed E-state index contributed by atoms with van der Waals surface area (Å²) < 4.78 is 68.2. The number of morpholine rings is 2. The molecule has 0 aliphatic carbocycles. The highest BCUT2D eigenvalue weighted by Crippen LogP contribution is 2.39. The molecule has 3 saturated heterocycles. The normalized spacial score (nSPS) is 22.2. The van der Waals surface area contributed by atoms with Crippen molar-refractivity contribution in [3.63, 3.8) is 0 Å². The number of nitrogens with zero attached hydrogens (tertiary/aromatic N) is 6. The molecule has 0 spiro atoms. The van der Waals surface area contributed by atoms with Gasteiger partial charge in [-0.15, -0.1) is 0 Å². The Morgan fingerprint density at radius 2 is 1.78 bits per heavy atom. The number of carbonyl (C=O) groups is 2. The molecule has 0 radical (unpaired) electrons. The lowest BCUT2D eigenvalue weighted by molar-refractivity contribution is -0.136. The van der Waals surface area contributed by atoms with Crippen molar-refractivity contribution in [2.75, 3.05) is 46.0 Å². The number of hydrogen-bond donors (Lipinski definition) is 0. The maximum Gasteiger partial charge on any atom is 0.420 e. The first-order chi connectivity index (χ1) is 25.4. The fraction of sp³-hybridized carbons (Fsp3) is 0.632. The first kappa shape index (κ1) is 38.5. The Morgan fingerprint density at radius 3 is 2.46 bits per heavy atom. The van der Waals surface area contributed by atoms with E-state index in [0.717, 1.165) is 41.8 Å². The van der Waals surface area contributed by atoms with Gasteiger partial charge in [0.15, 0.2) is 5.65 Å². The van der Waals surface area contributed by atoms with Crippen LogP contribution in [0.2, 0.25) is 25.7 Å². The second-order valence-corrected chi connectivity index (χ2v) is 22.7. The SMILES string of the molecule is CC(C)(C)OC(=O)N1CCOC[C@H]1c1cc(-c2cnc3c(n2)c(C(F)(F)F)cn3COCC[Si](C)(C)C)cc2c1CN(C(=O)N1CC3CCC(C1)O3)CC2. The van der Waals surface area contributed by atoms with Gasteiger partial charge in [-0.2, -0.15) is 13.2 Å². The number of aromatic nitrogens is 3. The predicted octanol–water partition coefficient (Wildman–Crippen LogP) is 7.08. The molecule has 2 aromatic heterocycles. The predicted molar refractivity (Wildman–Crippen MR) is 198 cm³/mol. The van der Waals surface area contributed by atoms with Gasteiger partial charge in [0.05, 0.1) is 43.4 Å². The van der Waals surface area contributed by atoms with Crippen LogP contribution in [0.25, 0.3) is 22.4 Å². The monoisotopic (exact) mass is 772 g/mol. The lowest BCUT2D eigenvalue weighted by Crippen LogP contribution is -2.52. The molecule has 3 fully saturated rings. The number of likely N-dealkylation sites (tertiary alicyclic amines) is 1. The number of ether oxygens (including phenoxy) is 4. The van der Waals surface area contributed by atoms with E-state index in [1.54, 1.807) is 25.7 Å². The number of benzene rings is 1. The molecule has 16 heteroatoms. The zero-order valence-corrected chi connectivity index (χ0v) is 33.0. The van der Waals surface area contributed by atoms with Gasteiger partial charge >= 0.3 is 18.3 Å². The van der Waals surface area contributed by atoms with Gasteiger partial charge in [0.1, 0.15) is 23.4 Å². The lowest BCUT2D eigenvalue weighted by Gasteiger charge is -2.41. The summed E-state index contributed by atoms with van der Waals surface area (Å²) in [6, 6.07) is 4.04. The molecule has 4 aliphatic heterocycles. The summed E-state index contributed by atoms with van der Waals surface area (Å²) in [7, 11) is -1.39. The number of alkyl halides is 3. The summed E-state index contributed by atoms with van der Waals surface area (Å²) in [6.07, 6.45) is -0.141. The first-order valence-corrected chi connectivity index (χ1v) is 22.6. The number of fused-ring (bicyclic) bond motifs is 4. The molecule has 294 valence electrons. The number of rotatable bonds is 7. The number of hydrogen-bond acceptors (Lipinski definition) is 8. The van der Waals surface area contributed by atoms with Crippen LogP contribution >= 0.6 is 0 Å². The number of carbonyl (C=O) groups excluding carboxylic acids is 2. The van der Waals surface area contributed by atoms with Crippen LogP contribution in [-0.4, -0.2) is 113 Å². The molecular weight excluding hydrogens is 722 g/mol. The fourth-order valence-electron chi connectivity index (χ4n) is 7.72. The second-order valence-electron chi connectivity index (χ2n) is 17.1. The summed E-state index contributed by atoms with van der Waals surface area (Å²) in [4.78, 5) is 42.0. The molecular formula is C38H51F3N6O6Si. The van der Waals surface area contributed by atoms with E-state index in [2.05, 4.69) is 29.6 Å². The smallest absolute Gasteiger partial charge is 0.420 e. The van der Waals surface area contributed by atoms with Crippen LogP contribution in [0, 0.1) is 0 Å². The second kappa shape index (κ2) is 14.7. The molecule has 3 atom stereocenters. The highest BCUT2D eigenvalue weighted by atomic mass is 28.3. The van der Waals surface area contributed by atoms with E-state index in [1.807, 2.05) is 21.9 Å². The zero-order valence-electron chi connectivity index (χ0n) is 32.0. The average Bonchev–Trinajstić information content (AvgIpc) is 3.65. The van der Waals surface area contributed by atoms with Crippen LogP contribution in [0.4, 0.5) is 22.8 Å². The fourth-order valence-corrected chi connectivity index (χ4v) is 8.47. The van der Waals surface area contributed by atoms with Crippen molar-refractivity contribution in [3.05, 3.63) is 46.8 Å². The molecule has 0 saturated carbocycles. The molecule has 7 rings (SSSR count). The first-order valence-electron chi connectivity index (χ1n) is 18.9. The number of urea groups is 1. The lowest BCUT2D eigenvalue weighted by atomic mass is 9.87. The van der Waals surface area contributed by atoms with E-state index in [9.17, 15) is 22.8 Å². The van der Waals surface area contributed by atoms with Crippen LogP contribution in [0.3, 0.4) is 0 Å². The molecule has 6 heterocycles. The molecule has 12 nitrogen and oxygen atoms in total. The van der Waals surface area contributed by atoms with E-state index in [4.69, 9.17) is 18.9 Å². The minimum atomic E-state index is -4.67. The van der Waals surface area contributed by atoms with E-state index >= 15 is 0 Å². The Kier molecular flexibility index (Phi) is 10.5. The third kappa shape index (κ3) is 8.41. The van der Waals surface area contributed by atoms with Crippen molar-refractivity contribution in [2.45, 2.75) is 109 Å². The maximum atomic E-state index is 14.4. The standard InChI is InChI=1S/C38H51F3N6O6Si/c1-37(2,3)53-36(49)47-11-12-50-22-32(47)28-16-25(15-24-9-10-44(20-29(24)28)35(48)45-18-26-7-8-27(19-45)52-26)31-17-42-34-33(43-31)30(38(39,40)41)21-46(34)23-51-13-14-54(4,5)6/h15-17,21,26-27,32H,7-14,18-20,22-23H2,1-6H3/t26?,27?,32-/m0/s1. The van der Waals surface area contributed by atoms with Gasteiger partial charge in [0.25, 0.3) is 0 Å². The zero-order chi connectivity index (χ0) is 38.6. The third-order valence-electron chi connectivity index (χ3n) is 10.5. The summed E-state index contributed by atoms with van der Waals surface area (Å²) in [5.74, 6) is 0. The highest BCUT2D eigenvalue weighted by Gasteiger charge is 2.40. The molecule has 1 aromatic carbocycles. The van der Waals surface area contributed by atoms with E-state index in [-0.39, 0.29) is 55.0 Å². The minimum absolute atomic E-state index is 0.0512. The van der Waals surface area contributed by atoms with Crippen LogP contribution in [0.1, 0.15) is 61.9 Å². The molecule has 2 bridgehead atoms. The van der Waals surface area contributed by atoms with Gasteiger partial charge in [-0.25, -0.2) is 19.6 Å². The van der Waals surface area contributed by atoms with Gasteiger partial charge in [-0.1, -0.05) is 19.6 Å². The van der Waals surface area contributed by atoms with Gasteiger partial charge in [0, 0.05) is 59.2 Å². The molecule has 0 N–H and O–H groups in total. The van der Waals surface area contributed by atoms with Crippen molar-refractivity contribution in [2.24, 2.45) is 0 Å². The van der Waals surface area contributed by atoms with Crippen LogP contribution in [0.5, 0.6) is 0 Å². The molecule has 4 aliphatic rings. The van der Waals surface area contributed by atoms with Gasteiger partial charge in [-0.05, 0) is 74.9 Å². The van der Waals surface area contributed by atoms with E-state index in [1.165, 1.54) is 10.8 Å². The molecule has 2 unspecified atom stereocenters. The highest BCUT2D eigenvalue weighted by molar-refractivity contribution is 6.76. The van der Waals surface area contributed by atoms with Crippen molar-refractivity contribution in [1.29, 1.82) is 0 Å². The Bertz CT molecular complexity index is 1880.